The van der Waals surface area contributed by atoms with Gasteiger partial charge in [0.25, 0.3) is 5.91 Å². The summed E-state index contributed by atoms with van der Waals surface area (Å²) in [6, 6.07) is 13.5. The summed E-state index contributed by atoms with van der Waals surface area (Å²) in [6.45, 7) is 3.00. The van der Waals surface area contributed by atoms with Crippen molar-refractivity contribution >= 4 is 5.91 Å². The van der Waals surface area contributed by atoms with Crippen molar-refractivity contribution in [2.45, 2.75) is 13.0 Å². The Balaban J connectivity index is 1.53. The van der Waals surface area contributed by atoms with Gasteiger partial charge in [0.2, 0.25) is 0 Å². The predicted octanol–water partition coefficient (Wildman–Crippen LogP) is 2.66. The van der Waals surface area contributed by atoms with Gasteiger partial charge in [-0.25, -0.2) is 9.61 Å². The first-order chi connectivity index (χ1) is 13.7. The van der Waals surface area contributed by atoms with Crippen molar-refractivity contribution in [3.05, 3.63) is 59.5 Å². The number of benzene rings is 1. The van der Waals surface area contributed by atoms with Crippen LogP contribution in [0.2, 0.25) is 0 Å². The molecule has 2 aromatic heterocycles. The van der Waals surface area contributed by atoms with E-state index < -0.39 is 0 Å². The summed E-state index contributed by atoms with van der Waals surface area (Å²) >= 11 is 0. The number of amides is 1. The Hall–Kier alpha value is -3.26. The Bertz CT molecular complexity index is 970. The molecule has 0 spiro atoms. The Morgan fingerprint density at radius 2 is 2.00 bits per heavy atom. The number of nitrogens with zero attached hydrogens (tertiary/aromatic N) is 4. The normalized spacial score (nSPS) is 16.8. The summed E-state index contributed by atoms with van der Waals surface area (Å²) in [5.74, 6) is 0.584. The van der Waals surface area contributed by atoms with Crippen LogP contribution >= 0.6 is 0 Å². The average Bonchev–Trinajstić information content (AvgIpc) is 3.19. The maximum Gasteiger partial charge on any atom is 0.278 e. The topological polar surface area (TPSA) is 90.6 Å². The highest BCUT2D eigenvalue weighted by atomic mass is 16.6. The van der Waals surface area contributed by atoms with Crippen LogP contribution < -0.4 is 4.74 Å². The van der Waals surface area contributed by atoms with Crippen LogP contribution in [-0.4, -0.2) is 52.9 Å². The van der Waals surface area contributed by atoms with Crippen LogP contribution in [0.1, 0.15) is 28.0 Å². The molecule has 4 rings (SSSR count). The van der Waals surface area contributed by atoms with E-state index in [1.54, 1.807) is 18.9 Å². The molecule has 0 bridgehead atoms. The number of hydrogen-bond acceptors (Lipinski definition) is 7. The second kappa shape index (κ2) is 7.77. The fourth-order valence-electron chi connectivity index (χ4n) is 3.14. The zero-order chi connectivity index (χ0) is 19.5. The molecule has 1 fully saturated rings. The molecule has 1 saturated heterocycles. The number of morpholine rings is 1. The standard InChI is InChI=1S/C20H20N4O4/c1-13-19(23-28-22-13)20(25)24-10-11-27-18(12-24)17-5-3-4-16(21-17)14-6-8-15(26-2)9-7-14/h3-9,18H,10-12H2,1-2H3/t18-/m0/s1. The average molecular weight is 380 g/mol. The fourth-order valence-corrected chi connectivity index (χ4v) is 3.14. The lowest BCUT2D eigenvalue weighted by Crippen LogP contribution is -2.42. The minimum atomic E-state index is -0.309. The maximum absolute atomic E-state index is 12.7. The van der Waals surface area contributed by atoms with Gasteiger partial charge in [-0.05, 0) is 48.5 Å². The quantitative estimate of drug-likeness (QED) is 0.687. The molecule has 0 aliphatic carbocycles. The third-order valence-electron chi connectivity index (χ3n) is 4.70. The second-order valence-corrected chi connectivity index (χ2v) is 6.49. The van der Waals surface area contributed by atoms with Crippen LogP contribution in [-0.2, 0) is 4.74 Å². The van der Waals surface area contributed by atoms with E-state index >= 15 is 0 Å². The molecule has 8 heteroatoms. The molecule has 8 nitrogen and oxygen atoms in total. The number of rotatable bonds is 4. The van der Waals surface area contributed by atoms with E-state index in [1.165, 1.54) is 0 Å². The Labute approximate surface area is 162 Å². The van der Waals surface area contributed by atoms with Crippen molar-refractivity contribution in [2.24, 2.45) is 0 Å². The maximum atomic E-state index is 12.7. The summed E-state index contributed by atoms with van der Waals surface area (Å²) in [6.07, 6.45) is -0.309. The van der Waals surface area contributed by atoms with Gasteiger partial charge in [0, 0.05) is 12.1 Å². The Morgan fingerprint density at radius 3 is 2.71 bits per heavy atom. The van der Waals surface area contributed by atoms with Gasteiger partial charge in [-0.1, -0.05) is 11.2 Å². The molecule has 0 radical (unpaired) electrons. The van der Waals surface area contributed by atoms with E-state index in [9.17, 15) is 4.79 Å². The summed E-state index contributed by atoms with van der Waals surface area (Å²) in [5, 5.41) is 7.39. The lowest BCUT2D eigenvalue weighted by Gasteiger charge is -2.32. The molecule has 0 unspecified atom stereocenters. The lowest BCUT2D eigenvalue weighted by molar-refractivity contribution is -0.0250. The van der Waals surface area contributed by atoms with Crippen LogP contribution in [0.15, 0.2) is 47.1 Å². The molecule has 144 valence electrons. The molecule has 1 atom stereocenters. The van der Waals surface area contributed by atoms with Gasteiger partial charge in [-0.3, -0.25) is 4.79 Å². The number of carbonyl (C=O) groups excluding carboxylic acids is 1. The molecule has 28 heavy (non-hydrogen) atoms. The monoisotopic (exact) mass is 380 g/mol. The van der Waals surface area contributed by atoms with Crippen molar-refractivity contribution in [2.75, 3.05) is 26.8 Å². The molecule has 3 aromatic rings. The molecule has 1 aliphatic heterocycles. The Kier molecular flexibility index (Phi) is 5.03. The molecule has 0 N–H and O–H groups in total. The van der Waals surface area contributed by atoms with Crippen molar-refractivity contribution < 1.29 is 18.9 Å². The second-order valence-electron chi connectivity index (χ2n) is 6.49. The van der Waals surface area contributed by atoms with Crippen molar-refractivity contribution in [3.8, 4) is 17.0 Å². The highest BCUT2D eigenvalue weighted by molar-refractivity contribution is 5.93. The largest absolute Gasteiger partial charge is 0.497 e. The highest BCUT2D eigenvalue weighted by Crippen LogP contribution is 2.26. The Morgan fingerprint density at radius 1 is 1.18 bits per heavy atom. The summed E-state index contributed by atoms with van der Waals surface area (Å²) < 4.78 is 15.7. The lowest BCUT2D eigenvalue weighted by atomic mass is 10.1. The van der Waals surface area contributed by atoms with Crippen molar-refractivity contribution in [1.82, 2.24) is 20.2 Å². The van der Waals surface area contributed by atoms with Gasteiger partial charge in [-0.15, -0.1) is 0 Å². The van der Waals surface area contributed by atoms with Gasteiger partial charge in [0.05, 0.1) is 31.6 Å². The third-order valence-corrected chi connectivity index (χ3v) is 4.70. The number of aryl methyl sites for hydroxylation is 1. The number of carbonyl (C=O) groups is 1. The van der Waals surface area contributed by atoms with E-state index in [4.69, 9.17) is 14.5 Å². The molecular formula is C20H20N4O4. The van der Waals surface area contributed by atoms with Crippen LogP contribution in [0.5, 0.6) is 5.75 Å². The SMILES string of the molecule is COc1ccc(-c2cccc([C@@H]3CN(C(=O)c4nonc4C)CCO3)n2)cc1. The molecular weight excluding hydrogens is 360 g/mol. The minimum Gasteiger partial charge on any atom is -0.497 e. The first kappa shape index (κ1) is 18.1. The fraction of sp³-hybridized carbons (Fsp3) is 0.300. The number of aromatic nitrogens is 3. The van der Waals surface area contributed by atoms with Crippen molar-refractivity contribution in [3.63, 3.8) is 0 Å². The van der Waals surface area contributed by atoms with Gasteiger partial charge in [0.15, 0.2) is 5.69 Å². The van der Waals surface area contributed by atoms with Gasteiger partial charge in [-0.2, -0.15) is 0 Å². The molecule has 1 aliphatic rings. The van der Waals surface area contributed by atoms with E-state index in [2.05, 4.69) is 14.9 Å². The summed E-state index contributed by atoms with van der Waals surface area (Å²) in [5.41, 5.74) is 3.31. The minimum absolute atomic E-state index is 0.210. The van der Waals surface area contributed by atoms with Gasteiger partial charge < -0.3 is 14.4 Å². The van der Waals surface area contributed by atoms with E-state index in [1.807, 2.05) is 42.5 Å². The zero-order valence-electron chi connectivity index (χ0n) is 15.7. The first-order valence-corrected chi connectivity index (χ1v) is 8.97. The summed E-state index contributed by atoms with van der Waals surface area (Å²) in [7, 11) is 1.64. The number of pyridine rings is 1. The van der Waals surface area contributed by atoms with E-state index in [0.29, 0.717) is 25.4 Å². The van der Waals surface area contributed by atoms with Crippen LogP contribution in [0.4, 0.5) is 0 Å². The smallest absolute Gasteiger partial charge is 0.278 e. The van der Waals surface area contributed by atoms with E-state index in [0.717, 1.165) is 22.7 Å². The van der Waals surface area contributed by atoms with Crippen LogP contribution in [0.3, 0.4) is 0 Å². The van der Waals surface area contributed by atoms with Crippen LogP contribution in [0, 0.1) is 6.92 Å². The molecule has 3 heterocycles. The summed E-state index contributed by atoms with van der Waals surface area (Å²) in [4.78, 5) is 19.1. The molecule has 1 aromatic carbocycles. The van der Waals surface area contributed by atoms with Crippen molar-refractivity contribution in [1.29, 1.82) is 0 Å². The highest BCUT2D eigenvalue weighted by Gasteiger charge is 2.29. The van der Waals surface area contributed by atoms with Gasteiger partial charge >= 0.3 is 0 Å². The first-order valence-electron chi connectivity index (χ1n) is 8.97. The van der Waals surface area contributed by atoms with Gasteiger partial charge in [0.1, 0.15) is 17.5 Å². The number of ether oxygens (including phenoxy) is 2. The van der Waals surface area contributed by atoms with E-state index in [-0.39, 0.29) is 17.7 Å². The predicted molar refractivity (Wildman–Crippen MR) is 99.9 cm³/mol. The third kappa shape index (κ3) is 3.59. The number of hydrogen-bond donors (Lipinski definition) is 0. The molecule has 0 saturated carbocycles. The number of methoxy groups -OCH3 is 1. The van der Waals surface area contributed by atoms with Crippen LogP contribution in [0.25, 0.3) is 11.3 Å². The molecule has 1 amide bonds. The zero-order valence-corrected chi connectivity index (χ0v) is 15.7.